The Labute approximate surface area is 135 Å². The zero-order valence-corrected chi connectivity index (χ0v) is 14.2. The van der Waals surface area contributed by atoms with Crippen molar-refractivity contribution in [2.24, 2.45) is 0 Å². The number of benzene rings is 1. The summed E-state index contributed by atoms with van der Waals surface area (Å²) in [6, 6.07) is 9.50. The van der Waals surface area contributed by atoms with Crippen molar-refractivity contribution in [3.8, 4) is 0 Å². The second-order valence-corrected chi connectivity index (χ2v) is 7.02. The van der Waals surface area contributed by atoms with Gasteiger partial charge in [-0.15, -0.1) is 0 Å². The van der Waals surface area contributed by atoms with Crippen LogP contribution in [0.1, 0.15) is 21.6 Å². The minimum Gasteiger partial charge on any atom is -0.465 e. The third-order valence-electron chi connectivity index (χ3n) is 3.43. The fraction of sp³-hybridized carbons (Fsp3) is 0.250. The lowest BCUT2D eigenvalue weighted by Crippen LogP contribution is -2.28. The molecule has 0 fully saturated rings. The molecule has 2 rings (SSSR count). The number of aromatic nitrogens is 1. The number of aryl methyl sites for hydroxylation is 2. The average molecular weight is 334 g/mol. The van der Waals surface area contributed by atoms with Crippen molar-refractivity contribution in [3.05, 3.63) is 53.2 Å². The van der Waals surface area contributed by atoms with E-state index in [0.29, 0.717) is 16.9 Å². The molecule has 0 atom stereocenters. The first kappa shape index (κ1) is 17.0. The summed E-state index contributed by atoms with van der Waals surface area (Å²) in [5, 5.41) is 0. The Bertz CT molecular complexity index is 847. The third-order valence-corrected chi connectivity index (χ3v) is 5.35. The maximum Gasteiger partial charge on any atom is 0.337 e. The fourth-order valence-corrected chi connectivity index (χ4v) is 3.51. The molecule has 0 amide bonds. The molecule has 0 unspecified atom stereocenters. The molecule has 2 aromatic rings. The number of hydrogen-bond acceptors (Lipinski definition) is 5. The Morgan fingerprint density at radius 3 is 2.43 bits per heavy atom. The van der Waals surface area contributed by atoms with Gasteiger partial charge >= 0.3 is 5.97 Å². The second kappa shape index (κ2) is 6.37. The number of ether oxygens (including phenoxy) is 1. The number of pyridine rings is 1. The number of anilines is 1. The van der Waals surface area contributed by atoms with Crippen LogP contribution in [0.15, 0.2) is 41.3 Å². The van der Waals surface area contributed by atoms with E-state index in [-0.39, 0.29) is 4.90 Å². The number of carbonyl (C=O) groups excluding carboxylic acids is 1. The van der Waals surface area contributed by atoms with Crippen molar-refractivity contribution in [1.82, 2.24) is 4.98 Å². The highest BCUT2D eigenvalue weighted by atomic mass is 32.2. The van der Waals surface area contributed by atoms with Crippen molar-refractivity contribution < 1.29 is 17.9 Å². The molecule has 0 saturated carbocycles. The van der Waals surface area contributed by atoms with Gasteiger partial charge in [0.2, 0.25) is 0 Å². The van der Waals surface area contributed by atoms with E-state index in [1.807, 2.05) is 0 Å². The summed E-state index contributed by atoms with van der Waals surface area (Å²) in [4.78, 5) is 15.9. The van der Waals surface area contributed by atoms with Gasteiger partial charge in [0.1, 0.15) is 5.82 Å². The van der Waals surface area contributed by atoms with Gasteiger partial charge in [-0.25, -0.2) is 18.2 Å². The summed E-state index contributed by atoms with van der Waals surface area (Å²) in [5.74, 6) is -0.174. The highest BCUT2D eigenvalue weighted by Crippen LogP contribution is 2.24. The monoisotopic (exact) mass is 334 g/mol. The van der Waals surface area contributed by atoms with Crippen LogP contribution < -0.4 is 4.31 Å². The molecular formula is C16H18N2O4S. The lowest BCUT2D eigenvalue weighted by molar-refractivity contribution is 0.0600. The lowest BCUT2D eigenvalue weighted by atomic mass is 10.1. The summed E-state index contributed by atoms with van der Waals surface area (Å²) in [5.41, 5.74) is 1.50. The van der Waals surface area contributed by atoms with Crippen LogP contribution >= 0.6 is 0 Å². The van der Waals surface area contributed by atoms with E-state index in [4.69, 9.17) is 0 Å². The smallest absolute Gasteiger partial charge is 0.337 e. The topological polar surface area (TPSA) is 76.6 Å². The van der Waals surface area contributed by atoms with Gasteiger partial charge in [-0.05, 0) is 49.7 Å². The SMILES string of the molecule is COC(=O)c1ccc(S(=O)(=O)N(C)c2cccc(C)n2)c(C)c1. The minimum atomic E-state index is -3.77. The van der Waals surface area contributed by atoms with E-state index in [9.17, 15) is 13.2 Å². The fourth-order valence-electron chi connectivity index (χ4n) is 2.16. The third kappa shape index (κ3) is 3.34. The van der Waals surface area contributed by atoms with Crippen LogP contribution in [0.3, 0.4) is 0 Å². The van der Waals surface area contributed by atoms with E-state index < -0.39 is 16.0 Å². The van der Waals surface area contributed by atoms with Crippen LogP contribution in [-0.2, 0) is 14.8 Å². The number of hydrogen-bond donors (Lipinski definition) is 0. The molecule has 122 valence electrons. The van der Waals surface area contributed by atoms with E-state index in [2.05, 4.69) is 9.72 Å². The molecule has 6 nitrogen and oxygen atoms in total. The number of esters is 1. The van der Waals surface area contributed by atoms with Crippen LogP contribution in [-0.4, -0.2) is 33.5 Å². The average Bonchev–Trinajstić information content (AvgIpc) is 2.52. The molecule has 1 heterocycles. The molecule has 0 radical (unpaired) electrons. The summed E-state index contributed by atoms with van der Waals surface area (Å²) >= 11 is 0. The maximum atomic E-state index is 12.8. The van der Waals surface area contributed by atoms with Gasteiger partial charge in [0.15, 0.2) is 0 Å². The van der Waals surface area contributed by atoms with E-state index in [0.717, 1.165) is 10.00 Å². The first-order valence-corrected chi connectivity index (χ1v) is 8.33. The molecule has 23 heavy (non-hydrogen) atoms. The lowest BCUT2D eigenvalue weighted by Gasteiger charge is -2.20. The molecule has 0 bridgehead atoms. The van der Waals surface area contributed by atoms with Crippen LogP contribution in [0.4, 0.5) is 5.82 Å². The van der Waals surface area contributed by atoms with Gasteiger partial charge in [-0.2, -0.15) is 0 Å². The van der Waals surface area contributed by atoms with E-state index in [1.165, 1.54) is 32.4 Å². The van der Waals surface area contributed by atoms with Gasteiger partial charge < -0.3 is 4.74 Å². The predicted octanol–water partition coefficient (Wildman–Crippen LogP) is 2.31. The Morgan fingerprint density at radius 1 is 1.17 bits per heavy atom. The Hall–Kier alpha value is -2.41. The summed E-state index contributed by atoms with van der Waals surface area (Å²) in [6.07, 6.45) is 0. The standard InChI is InChI=1S/C16H18N2O4S/c1-11-10-13(16(19)22-4)8-9-14(11)23(20,21)18(3)15-7-5-6-12(2)17-15/h5-10H,1-4H3. The molecule has 0 spiro atoms. The zero-order chi connectivity index (χ0) is 17.2. The molecule has 1 aromatic carbocycles. The van der Waals surface area contributed by atoms with Gasteiger partial charge in [-0.3, -0.25) is 4.31 Å². The molecular weight excluding hydrogens is 316 g/mol. The molecule has 1 aromatic heterocycles. The van der Waals surface area contributed by atoms with Gasteiger partial charge in [0.25, 0.3) is 10.0 Å². The van der Waals surface area contributed by atoms with Crippen molar-refractivity contribution in [2.75, 3.05) is 18.5 Å². The number of methoxy groups -OCH3 is 1. The second-order valence-electron chi connectivity index (χ2n) is 5.08. The first-order chi connectivity index (χ1) is 10.8. The van der Waals surface area contributed by atoms with Crippen LogP contribution in [0.2, 0.25) is 0 Å². The van der Waals surface area contributed by atoms with Crippen molar-refractivity contribution in [3.63, 3.8) is 0 Å². The van der Waals surface area contributed by atoms with E-state index >= 15 is 0 Å². The van der Waals surface area contributed by atoms with Gasteiger partial charge in [-0.1, -0.05) is 6.07 Å². The molecule has 7 heteroatoms. The van der Waals surface area contributed by atoms with Crippen LogP contribution in [0, 0.1) is 13.8 Å². The minimum absolute atomic E-state index is 0.121. The summed E-state index contributed by atoms with van der Waals surface area (Å²) in [7, 11) is -1.04. The Balaban J connectivity index is 2.45. The zero-order valence-electron chi connectivity index (χ0n) is 13.4. The van der Waals surface area contributed by atoms with Crippen molar-refractivity contribution in [1.29, 1.82) is 0 Å². The molecule has 0 N–H and O–H groups in total. The Morgan fingerprint density at radius 2 is 1.87 bits per heavy atom. The summed E-state index contributed by atoms with van der Waals surface area (Å²) in [6.45, 7) is 3.43. The van der Waals surface area contributed by atoms with Gasteiger partial charge in [0.05, 0.1) is 17.6 Å². The van der Waals surface area contributed by atoms with Crippen LogP contribution in [0.25, 0.3) is 0 Å². The molecule has 0 aliphatic heterocycles. The number of rotatable bonds is 4. The molecule has 0 aliphatic rings. The maximum absolute atomic E-state index is 12.8. The normalized spacial score (nSPS) is 11.1. The predicted molar refractivity (Wildman–Crippen MR) is 87.1 cm³/mol. The van der Waals surface area contributed by atoms with Gasteiger partial charge in [0, 0.05) is 12.7 Å². The largest absolute Gasteiger partial charge is 0.465 e. The highest BCUT2D eigenvalue weighted by molar-refractivity contribution is 7.92. The summed E-state index contributed by atoms with van der Waals surface area (Å²) < 4.78 is 31.3. The number of carbonyl (C=O) groups is 1. The quantitative estimate of drug-likeness (QED) is 0.802. The van der Waals surface area contributed by atoms with Crippen molar-refractivity contribution in [2.45, 2.75) is 18.7 Å². The highest BCUT2D eigenvalue weighted by Gasteiger charge is 2.24. The van der Waals surface area contributed by atoms with E-state index in [1.54, 1.807) is 32.0 Å². The van der Waals surface area contributed by atoms with Crippen molar-refractivity contribution >= 4 is 21.8 Å². The number of sulfonamides is 1. The first-order valence-electron chi connectivity index (χ1n) is 6.89. The Kier molecular flexibility index (Phi) is 4.70. The molecule has 0 saturated heterocycles. The number of nitrogens with zero attached hydrogens (tertiary/aromatic N) is 2. The molecule has 0 aliphatic carbocycles. The van der Waals surface area contributed by atoms with Crippen LogP contribution in [0.5, 0.6) is 0 Å².